The van der Waals surface area contributed by atoms with Crippen molar-refractivity contribution in [3.05, 3.63) is 70.0 Å². The number of thiazole rings is 1. The van der Waals surface area contributed by atoms with Crippen LogP contribution in [0.25, 0.3) is 11.3 Å². The van der Waals surface area contributed by atoms with Crippen molar-refractivity contribution in [2.75, 3.05) is 39.5 Å². The summed E-state index contributed by atoms with van der Waals surface area (Å²) in [4.78, 5) is 8.56. The molecule has 0 radical (unpaired) electrons. The van der Waals surface area contributed by atoms with Crippen molar-refractivity contribution in [3.8, 4) is 17.0 Å². The number of benzene rings is 2. The lowest BCUT2D eigenvalue weighted by Gasteiger charge is -2.26. The van der Waals surface area contributed by atoms with Crippen LogP contribution in [0.3, 0.4) is 0 Å². The van der Waals surface area contributed by atoms with E-state index in [0.717, 1.165) is 62.7 Å². The van der Waals surface area contributed by atoms with Crippen LogP contribution >= 0.6 is 11.3 Å². The van der Waals surface area contributed by atoms with Gasteiger partial charge < -0.3 is 9.47 Å². The zero-order valence-corrected chi connectivity index (χ0v) is 17.8. The van der Waals surface area contributed by atoms with Gasteiger partial charge in [0.05, 0.1) is 23.9 Å². The number of hydrogen-bond donors (Lipinski definition) is 0. The Hall–Kier alpha value is -2.21. The van der Waals surface area contributed by atoms with Gasteiger partial charge >= 0.3 is 0 Å². The fourth-order valence-corrected chi connectivity index (χ4v) is 4.50. The highest BCUT2D eigenvalue weighted by molar-refractivity contribution is 7.12. The van der Waals surface area contributed by atoms with Crippen molar-refractivity contribution < 1.29 is 9.47 Å². The molecule has 29 heavy (non-hydrogen) atoms. The smallest absolute Gasteiger partial charge is 0.119 e. The first-order chi connectivity index (χ1) is 14.3. The number of hydrogen-bond acceptors (Lipinski definition) is 5. The Morgan fingerprint density at radius 3 is 2.52 bits per heavy atom. The highest BCUT2D eigenvalue weighted by atomic mass is 32.1. The van der Waals surface area contributed by atoms with Gasteiger partial charge in [-0.25, -0.2) is 4.98 Å². The van der Waals surface area contributed by atoms with E-state index in [1.165, 1.54) is 15.4 Å². The summed E-state index contributed by atoms with van der Waals surface area (Å²) in [5.74, 6) is 0.916. The number of rotatable bonds is 8. The lowest BCUT2D eigenvalue weighted by molar-refractivity contribution is 0.0322. The third kappa shape index (κ3) is 5.66. The maximum absolute atomic E-state index is 5.92. The molecule has 152 valence electrons. The van der Waals surface area contributed by atoms with Crippen molar-refractivity contribution >= 4 is 11.3 Å². The largest absolute Gasteiger partial charge is 0.492 e. The van der Waals surface area contributed by atoms with Crippen molar-refractivity contribution in [2.24, 2.45) is 0 Å². The quantitative estimate of drug-likeness (QED) is 0.545. The second-order valence-electron chi connectivity index (χ2n) is 7.32. The van der Waals surface area contributed by atoms with Crippen molar-refractivity contribution in [1.82, 2.24) is 9.88 Å². The first-order valence-corrected chi connectivity index (χ1v) is 11.1. The summed E-state index contributed by atoms with van der Waals surface area (Å²) in [5.41, 5.74) is 3.61. The van der Waals surface area contributed by atoms with E-state index < -0.39 is 0 Å². The van der Waals surface area contributed by atoms with Crippen LogP contribution in [0.1, 0.15) is 15.4 Å². The molecular formula is C24H28N2O2S. The maximum Gasteiger partial charge on any atom is 0.119 e. The Bertz CT molecular complexity index is 887. The summed E-state index contributed by atoms with van der Waals surface area (Å²) in [6.45, 7) is 7.46. The van der Waals surface area contributed by atoms with Crippen molar-refractivity contribution in [2.45, 2.75) is 19.8 Å². The molecule has 0 aliphatic carbocycles. The topological polar surface area (TPSA) is 34.6 Å². The van der Waals surface area contributed by atoms with Gasteiger partial charge in [-0.2, -0.15) is 0 Å². The molecule has 0 spiro atoms. The van der Waals surface area contributed by atoms with Crippen LogP contribution in [0.5, 0.6) is 5.75 Å². The summed E-state index contributed by atoms with van der Waals surface area (Å²) in [6, 6.07) is 19.0. The molecule has 1 aromatic heterocycles. The van der Waals surface area contributed by atoms with Crippen LogP contribution in [-0.2, 0) is 17.6 Å². The first kappa shape index (κ1) is 20.1. The van der Waals surface area contributed by atoms with Crippen molar-refractivity contribution in [1.29, 1.82) is 0 Å². The van der Waals surface area contributed by atoms with Crippen LogP contribution in [0.2, 0.25) is 0 Å². The molecule has 1 aliphatic heterocycles. The molecule has 1 aliphatic rings. The molecule has 1 saturated heterocycles. The second kappa shape index (κ2) is 10.0. The molecular weight excluding hydrogens is 380 g/mol. The lowest BCUT2D eigenvalue weighted by atomic mass is 10.1. The van der Waals surface area contributed by atoms with E-state index in [9.17, 15) is 0 Å². The van der Waals surface area contributed by atoms with E-state index in [1.54, 1.807) is 11.3 Å². The average molecular weight is 409 g/mol. The highest BCUT2D eigenvalue weighted by Gasteiger charge is 2.12. The first-order valence-electron chi connectivity index (χ1n) is 10.3. The van der Waals surface area contributed by atoms with Gasteiger partial charge in [0, 0.05) is 36.5 Å². The molecule has 4 nitrogen and oxygen atoms in total. The molecule has 0 amide bonds. The molecule has 5 heteroatoms. The minimum Gasteiger partial charge on any atom is -0.492 e. The van der Waals surface area contributed by atoms with Crippen molar-refractivity contribution in [3.63, 3.8) is 0 Å². The van der Waals surface area contributed by atoms with Gasteiger partial charge in [0.15, 0.2) is 0 Å². The fraction of sp³-hybridized carbons (Fsp3) is 0.375. The Morgan fingerprint density at radius 2 is 1.76 bits per heavy atom. The summed E-state index contributed by atoms with van der Waals surface area (Å²) < 4.78 is 11.3. The van der Waals surface area contributed by atoms with E-state index in [0.29, 0.717) is 6.61 Å². The molecule has 3 aromatic rings. The SMILES string of the molecule is Cc1sc(CCc2ccccc2)nc1-c1ccc(OCCN2CCOCC2)cc1. The number of nitrogens with zero attached hydrogens (tertiary/aromatic N) is 2. The van der Waals surface area contributed by atoms with Gasteiger partial charge in [0.25, 0.3) is 0 Å². The van der Waals surface area contributed by atoms with E-state index in [4.69, 9.17) is 14.5 Å². The average Bonchev–Trinajstić information content (AvgIpc) is 3.15. The second-order valence-corrected chi connectivity index (χ2v) is 8.61. The zero-order chi connectivity index (χ0) is 19.9. The summed E-state index contributed by atoms with van der Waals surface area (Å²) in [7, 11) is 0. The third-order valence-corrected chi connectivity index (χ3v) is 6.25. The molecule has 4 rings (SSSR count). The van der Waals surface area contributed by atoms with Gasteiger partial charge in [-0.3, -0.25) is 4.90 Å². The van der Waals surface area contributed by atoms with E-state index >= 15 is 0 Å². The van der Waals surface area contributed by atoms with Crippen LogP contribution in [0.4, 0.5) is 0 Å². The molecule has 0 N–H and O–H groups in total. The predicted octanol–water partition coefficient (Wildman–Crippen LogP) is 4.61. The van der Waals surface area contributed by atoms with Gasteiger partial charge in [-0.1, -0.05) is 30.3 Å². The number of morpholine rings is 1. The summed E-state index contributed by atoms with van der Waals surface area (Å²) >= 11 is 1.80. The fourth-order valence-electron chi connectivity index (χ4n) is 3.55. The molecule has 2 heterocycles. The molecule has 0 atom stereocenters. The standard InChI is InChI=1S/C24H28N2O2S/c1-19-24(25-23(29-19)12-7-20-5-3-2-4-6-20)21-8-10-22(11-9-21)28-18-15-26-13-16-27-17-14-26/h2-6,8-11H,7,12-18H2,1H3. The molecule has 1 fully saturated rings. The Morgan fingerprint density at radius 1 is 1.00 bits per heavy atom. The molecule has 2 aromatic carbocycles. The molecule has 0 unspecified atom stereocenters. The van der Waals surface area contributed by atoms with E-state index in [-0.39, 0.29) is 0 Å². The van der Waals surface area contributed by atoms with Gasteiger partial charge in [-0.15, -0.1) is 11.3 Å². The normalized spacial score (nSPS) is 14.8. The number of ether oxygens (including phenoxy) is 2. The predicted molar refractivity (Wildman–Crippen MR) is 119 cm³/mol. The lowest BCUT2D eigenvalue weighted by Crippen LogP contribution is -2.38. The van der Waals surface area contributed by atoms with E-state index in [1.807, 2.05) is 0 Å². The van der Waals surface area contributed by atoms with E-state index in [2.05, 4.69) is 66.4 Å². The maximum atomic E-state index is 5.92. The summed E-state index contributed by atoms with van der Waals surface area (Å²) in [5, 5.41) is 1.20. The van der Waals surface area contributed by atoms with Crippen LogP contribution in [-0.4, -0.2) is 49.3 Å². The summed E-state index contributed by atoms with van der Waals surface area (Å²) in [6.07, 6.45) is 2.02. The third-order valence-electron chi connectivity index (χ3n) is 5.22. The number of aromatic nitrogens is 1. The minimum atomic E-state index is 0.707. The van der Waals surface area contributed by atoms with Gasteiger partial charge in [0.1, 0.15) is 12.4 Å². The highest BCUT2D eigenvalue weighted by Crippen LogP contribution is 2.29. The van der Waals surface area contributed by atoms with Crippen LogP contribution in [0, 0.1) is 6.92 Å². The molecule has 0 bridgehead atoms. The van der Waals surface area contributed by atoms with Gasteiger partial charge in [-0.05, 0) is 43.2 Å². The zero-order valence-electron chi connectivity index (χ0n) is 17.0. The van der Waals surface area contributed by atoms with Crippen LogP contribution < -0.4 is 4.74 Å². The van der Waals surface area contributed by atoms with Gasteiger partial charge in [0.2, 0.25) is 0 Å². The van der Waals surface area contributed by atoms with Crippen LogP contribution in [0.15, 0.2) is 54.6 Å². The minimum absolute atomic E-state index is 0.707. The Kier molecular flexibility index (Phi) is 6.93. The Labute approximate surface area is 177 Å². The Balaban J connectivity index is 1.31. The monoisotopic (exact) mass is 408 g/mol. The molecule has 0 saturated carbocycles. The number of aryl methyl sites for hydroxylation is 3.